The highest BCUT2D eigenvalue weighted by Gasteiger charge is 2.48. The number of thiazole rings is 1. The summed E-state index contributed by atoms with van der Waals surface area (Å²) < 4.78 is 47.2. The van der Waals surface area contributed by atoms with Crippen molar-refractivity contribution >= 4 is 44.8 Å². The van der Waals surface area contributed by atoms with Gasteiger partial charge in [-0.25, -0.2) is 26.9 Å². The third-order valence-electron chi connectivity index (χ3n) is 8.11. The SMILES string of the molecule is COC(=O)C1=C(C2CCN(S(=O)(=O)[C@H]3C[C@@H](C(C)(C)O)C3)CC2)NC(c2nccs2)=NC1c1ccc(F)cc1Cl. The molecule has 0 amide bonds. The summed E-state index contributed by atoms with van der Waals surface area (Å²) in [5.74, 6) is -0.896. The predicted octanol–water partition coefficient (Wildman–Crippen LogP) is 4.05. The van der Waals surface area contributed by atoms with Crippen LogP contribution < -0.4 is 5.32 Å². The fourth-order valence-electron chi connectivity index (χ4n) is 5.61. The highest BCUT2D eigenvalue weighted by Crippen LogP contribution is 2.43. The Bertz CT molecular complexity index is 1440. The largest absolute Gasteiger partial charge is 0.466 e. The van der Waals surface area contributed by atoms with E-state index in [0.29, 0.717) is 60.9 Å². The molecule has 0 bridgehead atoms. The second kappa shape index (κ2) is 11.1. The third kappa shape index (κ3) is 5.56. The van der Waals surface area contributed by atoms with Crippen LogP contribution in [0.3, 0.4) is 0 Å². The summed E-state index contributed by atoms with van der Waals surface area (Å²) in [6.07, 6.45) is 3.48. The van der Waals surface area contributed by atoms with Crippen LogP contribution in [0.1, 0.15) is 56.1 Å². The number of ether oxygens (including phenoxy) is 1. The van der Waals surface area contributed by atoms with Crippen molar-refractivity contribution in [3.8, 4) is 0 Å². The van der Waals surface area contributed by atoms with Gasteiger partial charge in [-0.1, -0.05) is 17.7 Å². The van der Waals surface area contributed by atoms with Crippen LogP contribution >= 0.6 is 22.9 Å². The van der Waals surface area contributed by atoms with Gasteiger partial charge in [-0.2, -0.15) is 0 Å². The quantitative estimate of drug-likeness (QED) is 0.454. The summed E-state index contributed by atoms with van der Waals surface area (Å²) in [5, 5.41) is 15.6. The van der Waals surface area contributed by atoms with Crippen LogP contribution in [0.5, 0.6) is 0 Å². The number of amidine groups is 1. The summed E-state index contributed by atoms with van der Waals surface area (Å²) >= 11 is 7.81. The van der Waals surface area contributed by atoms with Crippen LogP contribution in [-0.4, -0.2) is 65.7 Å². The normalized spacial score (nSPS) is 24.8. The summed E-state index contributed by atoms with van der Waals surface area (Å²) in [5.41, 5.74) is 0.385. The Kier molecular flexibility index (Phi) is 8.10. The first-order valence-corrected chi connectivity index (χ1v) is 15.9. The number of carbonyl (C=O) groups is 1. The minimum absolute atomic E-state index is 0.0391. The third-order valence-corrected chi connectivity index (χ3v) is 11.5. The molecule has 3 heterocycles. The first-order valence-electron chi connectivity index (χ1n) is 13.1. The predicted molar refractivity (Wildman–Crippen MR) is 151 cm³/mol. The number of aliphatic hydroxyl groups is 1. The van der Waals surface area contributed by atoms with E-state index in [-0.39, 0.29) is 22.4 Å². The highest BCUT2D eigenvalue weighted by molar-refractivity contribution is 7.89. The van der Waals surface area contributed by atoms with E-state index in [1.807, 2.05) is 5.38 Å². The Balaban J connectivity index is 1.44. The number of hydrogen-bond donors (Lipinski definition) is 2. The van der Waals surface area contributed by atoms with E-state index in [1.165, 1.54) is 41.0 Å². The number of carbonyl (C=O) groups excluding carboxylic acids is 1. The Morgan fingerprint density at radius 3 is 2.55 bits per heavy atom. The van der Waals surface area contributed by atoms with Gasteiger partial charge in [0.2, 0.25) is 10.0 Å². The zero-order chi connectivity index (χ0) is 28.8. The molecule has 0 spiro atoms. The van der Waals surface area contributed by atoms with Gasteiger partial charge in [-0.05, 0) is 57.6 Å². The minimum Gasteiger partial charge on any atom is -0.466 e. The van der Waals surface area contributed by atoms with Crippen molar-refractivity contribution in [2.24, 2.45) is 16.8 Å². The number of esters is 1. The lowest BCUT2D eigenvalue weighted by Crippen LogP contribution is -2.52. The molecule has 9 nitrogen and oxygen atoms in total. The number of methoxy groups -OCH3 is 1. The fraction of sp³-hybridized carbons (Fsp3) is 0.519. The minimum atomic E-state index is -3.51. The first-order chi connectivity index (χ1) is 18.9. The van der Waals surface area contributed by atoms with E-state index in [9.17, 15) is 22.7 Å². The van der Waals surface area contributed by atoms with Gasteiger partial charge in [0.25, 0.3) is 0 Å². The molecular weight excluding hydrogens is 579 g/mol. The molecule has 2 fully saturated rings. The Morgan fingerprint density at radius 1 is 1.27 bits per heavy atom. The number of nitrogens with zero attached hydrogens (tertiary/aromatic N) is 3. The van der Waals surface area contributed by atoms with Crippen LogP contribution in [0.2, 0.25) is 5.02 Å². The molecule has 13 heteroatoms. The summed E-state index contributed by atoms with van der Waals surface area (Å²) in [6.45, 7) is 4.01. The Hall–Kier alpha value is -2.38. The van der Waals surface area contributed by atoms with Gasteiger partial charge in [-0.15, -0.1) is 11.3 Å². The van der Waals surface area contributed by atoms with Crippen LogP contribution in [-0.2, 0) is 19.6 Å². The molecule has 1 aliphatic carbocycles. The molecule has 2 aromatic rings. The molecule has 1 unspecified atom stereocenters. The van der Waals surface area contributed by atoms with Crippen LogP contribution in [0, 0.1) is 17.7 Å². The average molecular weight is 611 g/mol. The van der Waals surface area contributed by atoms with Gasteiger partial charge < -0.3 is 15.2 Å². The van der Waals surface area contributed by atoms with Gasteiger partial charge in [-0.3, -0.25) is 4.99 Å². The second-order valence-electron chi connectivity index (χ2n) is 11.0. The van der Waals surface area contributed by atoms with Gasteiger partial charge in [0.05, 0.1) is 23.5 Å². The number of sulfonamides is 1. The van der Waals surface area contributed by atoms with Crippen LogP contribution in [0.25, 0.3) is 0 Å². The molecule has 40 heavy (non-hydrogen) atoms. The van der Waals surface area contributed by atoms with Crippen molar-refractivity contribution < 1.29 is 27.4 Å². The Labute approximate surface area is 242 Å². The number of nitrogens with one attached hydrogen (secondary N) is 1. The topological polar surface area (TPSA) is 121 Å². The summed E-state index contributed by atoms with van der Waals surface area (Å²) in [4.78, 5) is 22.3. The number of hydrogen-bond acceptors (Lipinski definition) is 9. The number of allylic oxidation sites excluding steroid dienone is 1. The van der Waals surface area contributed by atoms with E-state index < -0.39 is 38.7 Å². The van der Waals surface area contributed by atoms with Crippen molar-refractivity contribution in [2.75, 3.05) is 20.2 Å². The monoisotopic (exact) mass is 610 g/mol. The summed E-state index contributed by atoms with van der Waals surface area (Å²) in [6, 6.07) is 3.08. The van der Waals surface area contributed by atoms with Crippen LogP contribution in [0.15, 0.2) is 46.0 Å². The molecule has 0 radical (unpaired) electrons. The molecule has 216 valence electrons. The first kappa shape index (κ1) is 29.1. The maximum atomic E-state index is 13.9. The lowest BCUT2D eigenvalue weighted by molar-refractivity contribution is -0.136. The van der Waals surface area contributed by atoms with Crippen LogP contribution in [0.4, 0.5) is 4.39 Å². The molecule has 1 saturated carbocycles. The maximum absolute atomic E-state index is 13.9. The molecule has 1 aromatic carbocycles. The molecule has 1 atom stereocenters. The van der Waals surface area contributed by atoms with E-state index >= 15 is 0 Å². The maximum Gasteiger partial charge on any atom is 0.338 e. The van der Waals surface area contributed by atoms with Gasteiger partial charge in [0.15, 0.2) is 10.8 Å². The number of benzene rings is 1. The zero-order valence-corrected chi connectivity index (χ0v) is 24.8. The molecule has 3 aliphatic rings. The van der Waals surface area contributed by atoms with Crippen molar-refractivity contribution in [1.29, 1.82) is 0 Å². The van der Waals surface area contributed by atoms with Gasteiger partial charge in [0.1, 0.15) is 11.9 Å². The molecule has 2 N–H and O–H groups in total. The molecule has 5 rings (SSSR count). The van der Waals surface area contributed by atoms with E-state index in [2.05, 4.69) is 10.3 Å². The molecular formula is C27H32ClFN4O5S2. The highest BCUT2D eigenvalue weighted by atomic mass is 35.5. The van der Waals surface area contributed by atoms with Crippen molar-refractivity contribution in [3.63, 3.8) is 0 Å². The van der Waals surface area contributed by atoms with E-state index in [1.54, 1.807) is 20.0 Å². The average Bonchev–Trinajstić information content (AvgIpc) is 3.41. The number of halogens is 2. The second-order valence-corrected chi connectivity index (χ2v) is 14.5. The Morgan fingerprint density at radius 2 is 1.98 bits per heavy atom. The number of piperidine rings is 1. The smallest absolute Gasteiger partial charge is 0.338 e. The van der Waals surface area contributed by atoms with Crippen molar-refractivity contribution in [2.45, 2.75) is 56.4 Å². The molecule has 2 aliphatic heterocycles. The number of aromatic nitrogens is 1. The fourth-order valence-corrected chi connectivity index (χ4v) is 8.57. The lowest BCUT2D eigenvalue weighted by atomic mass is 9.74. The summed E-state index contributed by atoms with van der Waals surface area (Å²) in [7, 11) is -2.22. The standard InChI is InChI=1S/C27H32ClFN4O5S2/c1-27(2,35)16-12-18(13-16)40(36,37)33-9-6-15(7-10-33)22-21(26(34)38-3)23(19-5-4-17(29)14-20(19)28)32-24(31-22)25-30-8-11-39-25/h4-5,8,11,14-16,18,23,35H,6-7,9-10,12-13H2,1-3H3,(H,31,32)/t16-,18+,23?. The van der Waals surface area contributed by atoms with E-state index in [0.717, 1.165) is 0 Å². The molecule has 1 aromatic heterocycles. The van der Waals surface area contributed by atoms with E-state index in [4.69, 9.17) is 21.3 Å². The van der Waals surface area contributed by atoms with Gasteiger partial charge in [0, 0.05) is 46.9 Å². The lowest BCUT2D eigenvalue weighted by Gasteiger charge is -2.44. The van der Waals surface area contributed by atoms with Crippen molar-refractivity contribution in [1.82, 2.24) is 14.6 Å². The number of aliphatic imine (C=N–C) groups is 1. The zero-order valence-electron chi connectivity index (χ0n) is 22.4. The molecule has 1 saturated heterocycles. The van der Waals surface area contributed by atoms with Gasteiger partial charge >= 0.3 is 5.97 Å². The van der Waals surface area contributed by atoms with Crippen molar-refractivity contribution in [3.05, 3.63) is 62.5 Å². The number of rotatable bonds is 7.